The van der Waals surface area contributed by atoms with Crippen LogP contribution in [0.4, 0.5) is 0 Å². The molecule has 0 spiro atoms. The number of H-pyrrole nitrogens is 1. The van der Waals surface area contributed by atoms with Crippen LogP contribution >= 0.6 is 0 Å². The van der Waals surface area contributed by atoms with Crippen LogP contribution in [0.5, 0.6) is 0 Å². The molecule has 0 radical (unpaired) electrons. The molecule has 4 rings (SSSR count). The molecule has 0 unspecified atom stereocenters. The van der Waals surface area contributed by atoms with Gasteiger partial charge in [0.2, 0.25) is 5.91 Å². The average molecular weight is 364 g/mol. The third-order valence-corrected chi connectivity index (χ3v) is 4.84. The first-order valence-corrected chi connectivity index (χ1v) is 8.97. The second-order valence-electron chi connectivity index (χ2n) is 6.50. The molecule has 8 nitrogen and oxygen atoms in total. The van der Waals surface area contributed by atoms with Gasteiger partial charge in [-0.05, 0) is 31.0 Å². The third kappa shape index (κ3) is 3.25. The minimum absolute atomic E-state index is 0.00291. The first-order valence-electron chi connectivity index (χ1n) is 8.97. The number of nitrogens with zero attached hydrogens (tertiary/aromatic N) is 5. The monoisotopic (exact) mass is 364 g/mol. The maximum Gasteiger partial charge on any atom is 0.254 e. The van der Waals surface area contributed by atoms with Crippen LogP contribution in [0.25, 0.3) is 11.4 Å². The van der Waals surface area contributed by atoms with E-state index in [1.54, 1.807) is 40.4 Å². The van der Waals surface area contributed by atoms with Gasteiger partial charge in [0.1, 0.15) is 11.9 Å². The summed E-state index contributed by atoms with van der Waals surface area (Å²) in [6.07, 6.45) is 7.93. The Labute approximate surface area is 155 Å². The zero-order valence-corrected chi connectivity index (χ0v) is 15.0. The molecule has 0 aliphatic carbocycles. The van der Waals surface area contributed by atoms with E-state index < -0.39 is 0 Å². The van der Waals surface area contributed by atoms with E-state index in [0.717, 1.165) is 5.56 Å². The van der Waals surface area contributed by atoms with Crippen LogP contribution in [0, 0.1) is 0 Å². The Morgan fingerprint density at radius 2 is 2.22 bits per heavy atom. The molecular weight excluding hydrogens is 344 g/mol. The topological polar surface area (TPSA) is 96.8 Å². The molecule has 4 heterocycles. The molecule has 1 aliphatic rings. The van der Waals surface area contributed by atoms with Crippen LogP contribution in [-0.4, -0.2) is 42.1 Å². The predicted molar refractivity (Wildman–Crippen MR) is 98.8 cm³/mol. The molecular formula is C19H20N6O2. The summed E-state index contributed by atoms with van der Waals surface area (Å²) in [5, 5.41) is 4.21. The van der Waals surface area contributed by atoms with Gasteiger partial charge in [0.15, 0.2) is 0 Å². The number of aromatic nitrogens is 5. The fourth-order valence-corrected chi connectivity index (χ4v) is 3.42. The molecule has 27 heavy (non-hydrogen) atoms. The number of pyridine rings is 1. The fourth-order valence-electron chi connectivity index (χ4n) is 3.42. The normalized spacial score (nSPS) is 14.6. The summed E-state index contributed by atoms with van der Waals surface area (Å²) >= 11 is 0. The van der Waals surface area contributed by atoms with E-state index >= 15 is 0 Å². The Bertz CT molecular complexity index is 997. The molecule has 1 amide bonds. The predicted octanol–water partition coefficient (Wildman–Crippen LogP) is 1.56. The van der Waals surface area contributed by atoms with Crippen molar-refractivity contribution in [2.24, 2.45) is 0 Å². The summed E-state index contributed by atoms with van der Waals surface area (Å²) in [7, 11) is 0. The molecule has 0 fully saturated rings. The number of hydrogen-bond acceptors (Lipinski definition) is 5. The highest BCUT2D eigenvalue weighted by Gasteiger charge is 2.29. The van der Waals surface area contributed by atoms with Crippen LogP contribution in [0.3, 0.4) is 0 Å². The van der Waals surface area contributed by atoms with Gasteiger partial charge in [0.25, 0.3) is 5.56 Å². The summed E-state index contributed by atoms with van der Waals surface area (Å²) in [5.74, 6) is 0.470. The van der Waals surface area contributed by atoms with Crippen molar-refractivity contribution in [1.82, 2.24) is 29.6 Å². The Kier molecular flexibility index (Phi) is 4.53. The molecule has 3 aromatic heterocycles. The van der Waals surface area contributed by atoms with Crippen molar-refractivity contribution in [3.8, 4) is 11.4 Å². The highest BCUT2D eigenvalue weighted by atomic mass is 16.2. The van der Waals surface area contributed by atoms with Crippen molar-refractivity contribution in [2.75, 3.05) is 6.54 Å². The Balaban J connectivity index is 1.63. The van der Waals surface area contributed by atoms with Gasteiger partial charge in [0.05, 0.1) is 12.2 Å². The van der Waals surface area contributed by atoms with Crippen molar-refractivity contribution in [3.63, 3.8) is 0 Å². The molecule has 0 saturated heterocycles. The quantitative estimate of drug-likeness (QED) is 0.758. The Morgan fingerprint density at radius 3 is 2.93 bits per heavy atom. The van der Waals surface area contributed by atoms with Crippen molar-refractivity contribution >= 4 is 5.91 Å². The smallest absolute Gasteiger partial charge is 0.254 e. The standard InChI is InChI=1S/C19H20N6O2/c1-2-16(25-9-4-8-21-25)19(27)24-10-6-14-15(12-24)22-17(23-18(14)26)13-5-3-7-20-11-13/h3-5,7-9,11,16H,2,6,10,12H2,1H3,(H,22,23,26)/t16-/m1/s1. The van der Waals surface area contributed by atoms with Gasteiger partial charge in [0, 0.05) is 42.5 Å². The third-order valence-electron chi connectivity index (χ3n) is 4.84. The highest BCUT2D eigenvalue weighted by Crippen LogP contribution is 2.21. The molecule has 1 atom stereocenters. The summed E-state index contributed by atoms with van der Waals surface area (Å²) in [6.45, 7) is 2.79. The van der Waals surface area contributed by atoms with Gasteiger partial charge >= 0.3 is 0 Å². The number of nitrogens with one attached hydrogen (secondary N) is 1. The zero-order chi connectivity index (χ0) is 18.8. The molecule has 0 saturated carbocycles. The largest absolute Gasteiger partial charge is 0.335 e. The number of carbonyl (C=O) groups is 1. The second kappa shape index (κ2) is 7.14. The van der Waals surface area contributed by atoms with Crippen molar-refractivity contribution in [3.05, 3.63) is 64.6 Å². The lowest BCUT2D eigenvalue weighted by molar-refractivity contribution is -0.136. The van der Waals surface area contributed by atoms with Crippen molar-refractivity contribution in [1.29, 1.82) is 0 Å². The summed E-state index contributed by atoms with van der Waals surface area (Å²) in [6, 6.07) is 5.10. The van der Waals surface area contributed by atoms with Gasteiger partial charge in [-0.3, -0.25) is 19.3 Å². The number of aromatic amines is 1. The number of carbonyl (C=O) groups excluding carboxylic acids is 1. The molecule has 8 heteroatoms. The van der Waals surface area contributed by atoms with E-state index in [1.165, 1.54) is 0 Å². The maximum atomic E-state index is 13.0. The second-order valence-corrected chi connectivity index (χ2v) is 6.50. The Hall–Kier alpha value is -3.29. The van der Waals surface area contributed by atoms with Crippen LogP contribution in [0.15, 0.2) is 47.8 Å². The van der Waals surface area contributed by atoms with Crippen LogP contribution in [0.2, 0.25) is 0 Å². The maximum absolute atomic E-state index is 13.0. The SMILES string of the molecule is CC[C@H](C(=O)N1CCc2c(nc(-c3cccnc3)[nH]c2=O)C1)n1cccn1. The van der Waals surface area contributed by atoms with E-state index in [0.29, 0.717) is 43.0 Å². The molecule has 1 N–H and O–H groups in total. The molecule has 1 aliphatic heterocycles. The van der Waals surface area contributed by atoms with Crippen LogP contribution in [-0.2, 0) is 17.8 Å². The number of hydrogen-bond donors (Lipinski definition) is 1. The number of amides is 1. The Morgan fingerprint density at radius 1 is 1.33 bits per heavy atom. The summed E-state index contributed by atoms with van der Waals surface area (Å²) < 4.78 is 1.68. The van der Waals surface area contributed by atoms with Gasteiger partial charge in [-0.2, -0.15) is 5.10 Å². The first-order chi connectivity index (χ1) is 13.2. The molecule has 0 bridgehead atoms. The molecule has 3 aromatic rings. The highest BCUT2D eigenvalue weighted by molar-refractivity contribution is 5.80. The van der Waals surface area contributed by atoms with Gasteiger partial charge in [-0.1, -0.05) is 6.92 Å². The van der Waals surface area contributed by atoms with E-state index in [2.05, 4.69) is 20.1 Å². The summed E-state index contributed by atoms with van der Waals surface area (Å²) in [5.41, 5.74) is 1.89. The van der Waals surface area contributed by atoms with Gasteiger partial charge in [-0.15, -0.1) is 0 Å². The van der Waals surface area contributed by atoms with E-state index in [9.17, 15) is 9.59 Å². The minimum Gasteiger partial charge on any atom is -0.335 e. The van der Waals surface area contributed by atoms with E-state index in [4.69, 9.17) is 0 Å². The van der Waals surface area contributed by atoms with Gasteiger partial charge in [-0.25, -0.2) is 4.98 Å². The summed E-state index contributed by atoms with van der Waals surface area (Å²) in [4.78, 5) is 38.8. The lowest BCUT2D eigenvalue weighted by Gasteiger charge is -2.30. The molecule has 138 valence electrons. The average Bonchev–Trinajstić information content (AvgIpc) is 3.23. The number of fused-ring (bicyclic) bond motifs is 1. The van der Waals surface area contributed by atoms with Crippen LogP contribution in [0.1, 0.15) is 30.6 Å². The van der Waals surface area contributed by atoms with Crippen LogP contribution < -0.4 is 5.56 Å². The molecule has 0 aromatic carbocycles. The van der Waals surface area contributed by atoms with Crippen molar-refractivity contribution in [2.45, 2.75) is 32.4 Å². The number of rotatable bonds is 4. The first kappa shape index (κ1) is 17.1. The fraction of sp³-hybridized carbons (Fsp3) is 0.316. The lowest BCUT2D eigenvalue weighted by atomic mass is 10.0. The van der Waals surface area contributed by atoms with E-state index in [-0.39, 0.29) is 17.5 Å². The lowest BCUT2D eigenvalue weighted by Crippen LogP contribution is -2.42. The van der Waals surface area contributed by atoms with Gasteiger partial charge < -0.3 is 9.88 Å². The van der Waals surface area contributed by atoms with E-state index in [1.807, 2.05) is 19.1 Å². The minimum atomic E-state index is -0.346. The van der Waals surface area contributed by atoms with Crippen molar-refractivity contribution < 1.29 is 4.79 Å². The zero-order valence-electron chi connectivity index (χ0n) is 15.0.